The largest absolute Gasteiger partial charge is 0.384 e. The molecule has 2 aliphatic rings. The standard InChI is InChI=1S/C7H2F10O2/c8-2(9)3(10,11)5(14,15)7(17)6(16,4(2,12)13)18-1-19-7/h1H2. The predicted octanol–water partition coefficient (Wildman–Crippen LogP) is 2.88. The lowest BCUT2D eigenvalue weighted by Crippen LogP contribution is -2.84. The van der Waals surface area contributed by atoms with Crippen molar-refractivity contribution >= 4 is 0 Å². The van der Waals surface area contributed by atoms with Crippen LogP contribution in [0.4, 0.5) is 43.9 Å². The molecular weight excluding hydrogens is 306 g/mol. The number of hydrogen-bond donors (Lipinski definition) is 0. The molecule has 1 saturated heterocycles. The highest BCUT2D eigenvalue weighted by Crippen LogP contribution is 2.70. The summed E-state index contributed by atoms with van der Waals surface area (Å²) in [6, 6.07) is 0. The van der Waals surface area contributed by atoms with E-state index >= 15 is 0 Å². The van der Waals surface area contributed by atoms with Crippen LogP contribution in [0.5, 0.6) is 0 Å². The highest BCUT2D eigenvalue weighted by Gasteiger charge is 3.03. The van der Waals surface area contributed by atoms with Crippen molar-refractivity contribution in [3.63, 3.8) is 0 Å². The van der Waals surface area contributed by atoms with Crippen molar-refractivity contribution in [2.75, 3.05) is 6.79 Å². The van der Waals surface area contributed by atoms with Crippen molar-refractivity contribution < 1.29 is 53.4 Å². The van der Waals surface area contributed by atoms with Crippen LogP contribution in [0.15, 0.2) is 0 Å². The van der Waals surface area contributed by atoms with Gasteiger partial charge in [0.1, 0.15) is 0 Å². The Kier molecular flexibility index (Phi) is 2.39. The lowest BCUT2D eigenvalue weighted by molar-refractivity contribution is -0.507. The van der Waals surface area contributed by atoms with Gasteiger partial charge in [-0.25, -0.2) is 0 Å². The maximum absolute atomic E-state index is 13.5. The molecule has 2 atom stereocenters. The summed E-state index contributed by atoms with van der Waals surface area (Å²) in [5.74, 6) is -38.5. The normalized spacial score (nSPS) is 45.8. The average Bonchev–Trinajstić information content (AvgIpc) is 2.56. The molecule has 1 aliphatic heterocycles. The summed E-state index contributed by atoms with van der Waals surface area (Å²) in [5.41, 5.74) is 0. The number of hydrogen-bond acceptors (Lipinski definition) is 2. The van der Waals surface area contributed by atoms with Crippen molar-refractivity contribution in [3.05, 3.63) is 0 Å². The highest BCUT2D eigenvalue weighted by molar-refractivity contribution is 5.24. The number of rotatable bonds is 0. The van der Waals surface area contributed by atoms with Crippen LogP contribution in [-0.2, 0) is 9.47 Å². The third kappa shape index (κ3) is 1.06. The second-order valence-corrected chi connectivity index (χ2v) is 3.89. The van der Waals surface area contributed by atoms with Crippen LogP contribution in [0.2, 0.25) is 0 Å². The zero-order valence-electron chi connectivity index (χ0n) is 8.30. The molecular formula is C7H2F10O2. The molecule has 0 aromatic carbocycles. The van der Waals surface area contributed by atoms with Crippen LogP contribution in [0.1, 0.15) is 0 Å². The zero-order chi connectivity index (χ0) is 15.1. The number of ether oxygens (including phenoxy) is 2. The topological polar surface area (TPSA) is 18.5 Å². The van der Waals surface area contributed by atoms with E-state index in [1.165, 1.54) is 0 Å². The molecule has 1 aliphatic carbocycles. The SMILES string of the molecule is FC1(F)C(F)(F)C(F)(F)C2(F)OCOC2(F)C1(F)F. The first-order valence-corrected chi connectivity index (χ1v) is 4.38. The Hall–Kier alpha value is -0.780. The minimum absolute atomic E-state index is 1.97. The molecule has 2 fully saturated rings. The van der Waals surface area contributed by atoms with E-state index < -0.39 is 42.2 Å². The predicted molar refractivity (Wildman–Crippen MR) is 34.5 cm³/mol. The quantitative estimate of drug-likeness (QED) is 0.641. The number of alkyl halides is 10. The number of halogens is 10. The van der Waals surface area contributed by atoms with Crippen molar-refractivity contribution in [1.29, 1.82) is 0 Å². The van der Waals surface area contributed by atoms with E-state index in [4.69, 9.17) is 0 Å². The molecule has 0 aromatic heterocycles. The minimum atomic E-state index is -6.90. The van der Waals surface area contributed by atoms with Gasteiger partial charge < -0.3 is 9.47 Å². The van der Waals surface area contributed by atoms with Gasteiger partial charge in [0.25, 0.3) is 0 Å². The summed E-state index contributed by atoms with van der Waals surface area (Å²) >= 11 is 0. The first kappa shape index (κ1) is 14.6. The Morgan fingerprint density at radius 3 is 1.00 bits per heavy atom. The van der Waals surface area contributed by atoms with Gasteiger partial charge in [-0.3, -0.25) is 0 Å². The van der Waals surface area contributed by atoms with Crippen molar-refractivity contribution in [2.24, 2.45) is 0 Å². The molecule has 0 aromatic rings. The van der Waals surface area contributed by atoms with Crippen LogP contribution in [0, 0.1) is 0 Å². The number of fused-ring (bicyclic) bond motifs is 1. The van der Waals surface area contributed by atoms with Crippen molar-refractivity contribution in [3.8, 4) is 0 Å². The van der Waals surface area contributed by atoms with Crippen molar-refractivity contribution in [2.45, 2.75) is 35.4 Å². The van der Waals surface area contributed by atoms with Gasteiger partial charge in [-0.15, -0.1) is 0 Å². The van der Waals surface area contributed by atoms with E-state index in [9.17, 15) is 43.9 Å². The average molecular weight is 308 g/mol. The molecule has 2 unspecified atom stereocenters. The Morgan fingerprint density at radius 1 is 0.474 bits per heavy atom. The fraction of sp³-hybridized carbons (Fsp3) is 1.00. The van der Waals surface area contributed by atoms with Crippen LogP contribution >= 0.6 is 0 Å². The summed E-state index contributed by atoms with van der Waals surface area (Å²) in [5, 5.41) is 0. The molecule has 2 nitrogen and oxygen atoms in total. The second kappa shape index (κ2) is 3.10. The molecule has 1 heterocycles. The van der Waals surface area contributed by atoms with E-state index in [1.54, 1.807) is 0 Å². The van der Waals surface area contributed by atoms with E-state index in [1.807, 2.05) is 0 Å². The van der Waals surface area contributed by atoms with Gasteiger partial charge in [0.2, 0.25) is 0 Å². The first-order valence-electron chi connectivity index (χ1n) is 4.38. The monoisotopic (exact) mass is 308 g/mol. The summed E-state index contributed by atoms with van der Waals surface area (Å²) in [6.07, 6.45) is 0. The molecule has 12 heteroatoms. The Bertz CT molecular complexity index is 384. The molecule has 112 valence electrons. The molecule has 0 bridgehead atoms. The molecule has 0 radical (unpaired) electrons. The van der Waals surface area contributed by atoms with Gasteiger partial charge in [-0.2, -0.15) is 43.9 Å². The first-order chi connectivity index (χ1) is 8.21. The van der Waals surface area contributed by atoms with Crippen LogP contribution in [0.25, 0.3) is 0 Å². The van der Waals surface area contributed by atoms with Crippen LogP contribution < -0.4 is 0 Å². The molecule has 0 spiro atoms. The molecule has 0 N–H and O–H groups in total. The maximum atomic E-state index is 13.5. The zero-order valence-corrected chi connectivity index (χ0v) is 8.30. The lowest BCUT2D eigenvalue weighted by atomic mass is 9.78. The van der Waals surface area contributed by atoms with Crippen LogP contribution in [0.3, 0.4) is 0 Å². The smallest absolute Gasteiger partial charge is 0.309 e. The molecule has 2 rings (SSSR count). The Labute approximate surface area is 96.8 Å². The van der Waals surface area contributed by atoms with Crippen LogP contribution in [-0.4, -0.2) is 42.2 Å². The summed E-state index contributed by atoms with van der Waals surface area (Å²) in [4.78, 5) is 0. The molecule has 0 amide bonds. The molecule has 1 saturated carbocycles. The fourth-order valence-electron chi connectivity index (χ4n) is 1.76. The van der Waals surface area contributed by atoms with Gasteiger partial charge in [0, 0.05) is 0 Å². The maximum Gasteiger partial charge on any atom is 0.384 e. The third-order valence-electron chi connectivity index (χ3n) is 2.92. The Balaban J connectivity index is 2.80. The van der Waals surface area contributed by atoms with E-state index in [-0.39, 0.29) is 0 Å². The summed E-state index contributed by atoms with van der Waals surface area (Å²) < 4.78 is 136. The second-order valence-electron chi connectivity index (χ2n) is 3.89. The minimum Gasteiger partial charge on any atom is -0.309 e. The summed E-state index contributed by atoms with van der Waals surface area (Å²) in [7, 11) is 0. The highest BCUT2D eigenvalue weighted by atomic mass is 19.4. The van der Waals surface area contributed by atoms with Crippen molar-refractivity contribution in [1.82, 2.24) is 0 Å². The third-order valence-corrected chi connectivity index (χ3v) is 2.92. The fourth-order valence-corrected chi connectivity index (χ4v) is 1.76. The van der Waals surface area contributed by atoms with Gasteiger partial charge in [0.15, 0.2) is 6.79 Å². The van der Waals surface area contributed by atoms with Gasteiger partial charge in [-0.1, -0.05) is 0 Å². The summed E-state index contributed by atoms with van der Waals surface area (Å²) in [6.45, 7) is -1.97. The Morgan fingerprint density at radius 2 is 0.737 bits per heavy atom. The van der Waals surface area contributed by atoms with E-state index in [0.717, 1.165) is 0 Å². The van der Waals surface area contributed by atoms with Gasteiger partial charge in [0.05, 0.1) is 0 Å². The van der Waals surface area contributed by atoms with E-state index in [2.05, 4.69) is 9.47 Å². The van der Waals surface area contributed by atoms with Gasteiger partial charge in [-0.05, 0) is 0 Å². The molecule has 19 heavy (non-hydrogen) atoms. The van der Waals surface area contributed by atoms with Gasteiger partial charge >= 0.3 is 35.4 Å². The lowest BCUT2D eigenvalue weighted by Gasteiger charge is -2.50. The van der Waals surface area contributed by atoms with E-state index in [0.29, 0.717) is 0 Å².